The molecule has 26 heavy (non-hydrogen) atoms. The number of nitrogens with zero attached hydrogens (tertiary/aromatic N) is 5. The second-order valence-electron chi connectivity index (χ2n) is 6.51. The minimum atomic E-state index is -0.180. The molecule has 0 radical (unpaired) electrons. The van der Waals surface area contributed by atoms with Gasteiger partial charge in [0.1, 0.15) is 11.2 Å². The molecule has 1 saturated heterocycles. The van der Waals surface area contributed by atoms with Crippen LogP contribution in [0.4, 0.5) is 4.79 Å². The SMILES string of the molecule is C=C(CCn1cnc2cnc3[nH]ccc3c21)NC(=O)N1CCC(C#N)C1. The molecule has 0 aromatic carbocycles. The number of hydrogen-bond acceptors (Lipinski definition) is 4. The third-order valence-electron chi connectivity index (χ3n) is 4.76. The zero-order valence-electron chi connectivity index (χ0n) is 14.3. The Labute approximate surface area is 150 Å². The summed E-state index contributed by atoms with van der Waals surface area (Å²) in [5, 5.41) is 12.8. The molecule has 1 unspecified atom stereocenters. The number of urea groups is 1. The van der Waals surface area contributed by atoms with Gasteiger partial charge in [0.15, 0.2) is 0 Å². The van der Waals surface area contributed by atoms with Crippen LogP contribution in [0.25, 0.3) is 22.1 Å². The topological polar surface area (TPSA) is 103 Å². The Morgan fingerprint density at radius 3 is 3.19 bits per heavy atom. The molecular formula is C18H19N7O. The molecule has 0 saturated carbocycles. The van der Waals surface area contributed by atoms with Crippen LogP contribution in [0.2, 0.25) is 0 Å². The molecule has 1 aliphatic heterocycles. The maximum atomic E-state index is 12.2. The van der Waals surface area contributed by atoms with Crippen LogP contribution in [0.1, 0.15) is 12.8 Å². The minimum Gasteiger partial charge on any atom is -0.346 e. The Hall–Kier alpha value is -3.34. The number of nitrogens with one attached hydrogen (secondary N) is 2. The first-order valence-corrected chi connectivity index (χ1v) is 8.56. The third kappa shape index (κ3) is 2.88. The van der Waals surface area contributed by atoms with Gasteiger partial charge < -0.3 is 19.8 Å². The number of allylic oxidation sites excluding steroid dienone is 1. The lowest BCUT2D eigenvalue weighted by atomic mass is 10.1. The zero-order chi connectivity index (χ0) is 18.1. The number of aryl methyl sites for hydroxylation is 1. The quantitative estimate of drug-likeness (QED) is 0.755. The molecule has 1 fully saturated rings. The van der Waals surface area contributed by atoms with Crippen molar-refractivity contribution in [3.05, 3.63) is 37.1 Å². The van der Waals surface area contributed by atoms with Crippen LogP contribution in [0.3, 0.4) is 0 Å². The number of aromatic nitrogens is 4. The number of nitriles is 1. The van der Waals surface area contributed by atoms with Crippen LogP contribution >= 0.6 is 0 Å². The predicted octanol–water partition coefficient (Wildman–Crippen LogP) is 2.37. The fourth-order valence-electron chi connectivity index (χ4n) is 3.34. The molecule has 8 heteroatoms. The molecule has 0 bridgehead atoms. The first-order chi connectivity index (χ1) is 12.7. The first kappa shape index (κ1) is 16.1. The van der Waals surface area contributed by atoms with E-state index in [9.17, 15) is 4.79 Å². The Kier molecular flexibility index (Phi) is 4.05. The summed E-state index contributed by atoms with van der Waals surface area (Å²) < 4.78 is 2.05. The highest BCUT2D eigenvalue weighted by atomic mass is 16.2. The second-order valence-corrected chi connectivity index (χ2v) is 6.51. The van der Waals surface area contributed by atoms with Crippen LogP contribution in [-0.4, -0.2) is 43.5 Å². The van der Waals surface area contributed by atoms with Gasteiger partial charge in [-0.2, -0.15) is 5.26 Å². The van der Waals surface area contributed by atoms with Gasteiger partial charge in [0.2, 0.25) is 0 Å². The number of fused-ring (bicyclic) bond motifs is 3. The average molecular weight is 349 g/mol. The molecular weight excluding hydrogens is 330 g/mol. The lowest BCUT2D eigenvalue weighted by Crippen LogP contribution is -2.37. The second kappa shape index (κ2) is 6.52. The maximum absolute atomic E-state index is 12.2. The van der Waals surface area contributed by atoms with Crippen molar-refractivity contribution in [2.75, 3.05) is 13.1 Å². The van der Waals surface area contributed by atoms with Gasteiger partial charge in [-0.05, 0) is 12.5 Å². The van der Waals surface area contributed by atoms with Crippen molar-refractivity contribution in [1.29, 1.82) is 5.26 Å². The summed E-state index contributed by atoms with van der Waals surface area (Å²) in [6.45, 7) is 5.71. The Morgan fingerprint density at radius 1 is 1.50 bits per heavy atom. The van der Waals surface area contributed by atoms with Crippen molar-refractivity contribution in [2.24, 2.45) is 5.92 Å². The van der Waals surface area contributed by atoms with E-state index in [1.165, 1.54) is 0 Å². The summed E-state index contributed by atoms with van der Waals surface area (Å²) in [5.41, 5.74) is 3.34. The lowest BCUT2D eigenvalue weighted by molar-refractivity contribution is 0.210. The van der Waals surface area contributed by atoms with E-state index in [1.807, 2.05) is 16.8 Å². The number of carbonyl (C=O) groups excluding carboxylic acids is 1. The van der Waals surface area contributed by atoms with Gasteiger partial charge in [0, 0.05) is 43.3 Å². The molecule has 1 atom stereocenters. The third-order valence-corrected chi connectivity index (χ3v) is 4.76. The number of rotatable bonds is 4. The van der Waals surface area contributed by atoms with Gasteiger partial charge in [-0.1, -0.05) is 6.58 Å². The minimum absolute atomic E-state index is 0.0660. The molecule has 3 aromatic rings. The number of imidazole rings is 1. The smallest absolute Gasteiger partial charge is 0.321 e. The van der Waals surface area contributed by atoms with E-state index in [4.69, 9.17) is 5.26 Å². The highest BCUT2D eigenvalue weighted by molar-refractivity contribution is 6.00. The van der Waals surface area contributed by atoms with Gasteiger partial charge in [-0.3, -0.25) is 0 Å². The van der Waals surface area contributed by atoms with Crippen molar-refractivity contribution in [3.8, 4) is 6.07 Å². The van der Waals surface area contributed by atoms with E-state index < -0.39 is 0 Å². The molecule has 4 rings (SSSR count). The standard InChI is InChI=1S/C18H19N7O/c1-12(23-18(26)24-7-4-13(8-19)10-24)3-6-25-11-22-15-9-21-17-14(16(15)25)2-5-20-17/h2,5,9,11,13H,1,3-4,6-7,10H2,(H,20,21)(H,23,26). The molecule has 2 amide bonds. The van der Waals surface area contributed by atoms with Crippen LogP contribution in [0, 0.1) is 17.2 Å². The highest BCUT2D eigenvalue weighted by Gasteiger charge is 2.26. The summed E-state index contributed by atoms with van der Waals surface area (Å²) in [6.07, 6.45) is 6.73. The zero-order valence-corrected chi connectivity index (χ0v) is 14.3. The van der Waals surface area contributed by atoms with Crippen LogP contribution < -0.4 is 5.32 Å². The molecule has 2 N–H and O–H groups in total. The van der Waals surface area contributed by atoms with E-state index in [0.717, 1.165) is 28.5 Å². The Balaban J connectivity index is 1.41. The fourth-order valence-corrected chi connectivity index (χ4v) is 3.34. The van der Waals surface area contributed by atoms with Crippen molar-refractivity contribution >= 4 is 28.1 Å². The number of pyridine rings is 1. The summed E-state index contributed by atoms with van der Waals surface area (Å²) >= 11 is 0. The van der Waals surface area contributed by atoms with E-state index >= 15 is 0 Å². The lowest BCUT2D eigenvalue weighted by Gasteiger charge is -2.17. The van der Waals surface area contributed by atoms with E-state index in [-0.39, 0.29) is 11.9 Å². The van der Waals surface area contributed by atoms with Gasteiger partial charge in [0.25, 0.3) is 0 Å². The molecule has 3 aromatic heterocycles. The number of amides is 2. The van der Waals surface area contributed by atoms with E-state index in [1.54, 1.807) is 17.4 Å². The summed E-state index contributed by atoms with van der Waals surface area (Å²) in [7, 11) is 0. The number of carbonyl (C=O) groups is 1. The predicted molar refractivity (Wildman–Crippen MR) is 97.0 cm³/mol. The summed E-state index contributed by atoms with van der Waals surface area (Å²) in [5.74, 6) is -0.0660. The van der Waals surface area contributed by atoms with Gasteiger partial charge in [-0.25, -0.2) is 14.8 Å². The number of likely N-dealkylation sites (tertiary alicyclic amines) is 1. The largest absolute Gasteiger partial charge is 0.346 e. The van der Waals surface area contributed by atoms with Gasteiger partial charge in [-0.15, -0.1) is 0 Å². The van der Waals surface area contributed by atoms with E-state index in [2.05, 4.69) is 32.9 Å². The summed E-state index contributed by atoms with van der Waals surface area (Å²) in [6, 6.07) is 4.02. The van der Waals surface area contributed by atoms with Gasteiger partial charge >= 0.3 is 6.03 Å². The Morgan fingerprint density at radius 2 is 2.38 bits per heavy atom. The van der Waals surface area contributed by atoms with Crippen molar-refractivity contribution in [1.82, 2.24) is 29.7 Å². The van der Waals surface area contributed by atoms with Crippen molar-refractivity contribution in [2.45, 2.75) is 19.4 Å². The molecule has 132 valence electrons. The molecule has 0 spiro atoms. The van der Waals surface area contributed by atoms with E-state index in [0.29, 0.717) is 31.8 Å². The van der Waals surface area contributed by atoms with Crippen LogP contribution in [-0.2, 0) is 6.54 Å². The summed E-state index contributed by atoms with van der Waals surface area (Å²) in [4.78, 5) is 25.8. The van der Waals surface area contributed by atoms with Crippen molar-refractivity contribution < 1.29 is 4.79 Å². The van der Waals surface area contributed by atoms with Crippen molar-refractivity contribution in [3.63, 3.8) is 0 Å². The monoisotopic (exact) mass is 349 g/mol. The maximum Gasteiger partial charge on any atom is 0.321 e. The normalized spacial score (nSPS) is 16.9. The van der Waals surface area contributed by atoms with Crippen LogP contribution in [0.15, 0.2) is 37.1 Å². The Bertz CT molecular complexity index is 1030. The average Bonchev–Trinajstić information content (AvgIpc) is 3.36. The van der Waals surface area contributed by atoms with Gasteiger partial charge in [0.05, 0.1) is 30.0 Å². The molecule has 0 aliphatic carbocycles. The molecule has 8 nitrogen and oxygen atoms in total. The number of H-pyrrole nitrogens is 1. The number of hydrogen-bond donors (Lipinski definition) is 2. The van der Waals surface area contributed by atoms with Crippen LogP contribution in [0.5, 0.6) is 0 Å². The molecule has 4 heterocycles. The first-order valence-electron chi connectivity index (χ1n) is 8.56. The highest BCUT2D eigenvalue weighted by Crippen LogP contribution is 2.22. The fraction of sp³-hybridized carbons (Fsp3) is 0.333. The number of aromatic amines is 1. The molecule has 1 aliphatic rings.